The molecule has 5 heteroatoms. The molecule has 0 saturated heterocycles. The van der Waals surface area contributed by atoms with E-state index in [2.05, 4.69) is 10.1 Å². The predicted octanol–water partition coefficient (Wildman–Crippen LogP) is 2.00. The van der Waals surface area contributed by atoms with Crippen molar-refractivity contribution in [3.63, 3.8) is 0 Å². The van der Waals surface area contributed by atoms with Crippen LogP contribution in [0, 0.1) is 0 Å². The quantitative estimate of drug-likeness (QED) is 0.792. The number of ether oxygens (including phenoxy) is 2. The van der Waals surface area contributed by atoms with Crippen molar-refractivity contribution >= 4 is 17.6 Å². The standard InChI is InChI=1S/C12H16ClNO3/c1-3-14-7-9-5-4-6-10(13)12(9)17-8-11(15)16-2/h4-6,14H,3,7-8H2,1-2H3. The second-order valence-corrected chi connectivity index (χ2v) is 3.78. The van der Waals surface area contributed by atoms with Gasteiger partial charge in [-0.05, 0) is 12.6 Å². The molecule has 1 N–H and O–H groups in total. The van der Waals surface area contributed by atoms with Gasteiger partial charge in [-0.3, -0.25) is 0 Å². The van der Waals surface area contributed by atoms with Crippen LogP contribution in [0.2, 0.25) is 5.02 Å². The Morgan fingerprint density at radius 2 is 2.24 bits per heavy atom. The van der Waals surface area contributed by atoms with E-state index in [0.29, 0.717) is 17.3 Å². The molecule has 0 unspecified atom stereocenters. The van der Waals surface area contributed by atoms with Crippen LogP contribution < -0.4 is 10.1 Å². The van der Waals surface area contributed by atoms with Crippen LogP contribution in [0.25, 0.3) is 0 Å². The molecule has 17 heavy (non-hydrogen) atoms. The lowest BCUT2D eigenvalue weighted by molar-refractivity contribution is -0.142. The topological polar surface area (TPSA) is 47.6 Å². The van der Waals surface area contributed by atoms with E-state index < -0.39 is 5.97 Å². The smallest absolute Gasteiger partial charge is 0.343 e. The molecule has 0 spiro atoms. The summed E-state index contributed by atoms with van der Waals surface area (Å²) in [5.74, 6) is 0.0971. The number of nitrogens with one attached hydrogen (secondary N) is 1. The van der Waals surface area contributed by atoms with Gasteiger partial charge < -0.3 is 14.8 Å². The Bertz CT molecular complexity index is 382. The molecule has 0 aliphatic rings. The molecule has 0 heterocycles. The van der Waals surface area contributed by atoms with Gasteiger partial charge in [0.2, 0.25) is 0 Å². The van der Waals surface area contributed by atoms with E-state index in [1.165, 1.54) is 7.11 Å². The monoisotopic (exact) mass is 257 g/mol. The maximum atomic E-state index is 11.0. The third-order valence-electron chi connectivity index (χ3n) is 2.18. The number of methoxy groups -OCH3 is 1. The molecule has 0 aliphatic carbocycles. The minimum Gasteiger partial charge on any atom is -0.480 e. The summed E-state index contributed by atoms with van der Waals surface area (Å²) < 4.78 is 9.88. The van der Waals surface area contributed by atoms with Crippen molar-refractivity contribution in [2.24, 2.45) is 0 Å². The van der Waals surface area contributed by atoms with Crippen molar-refractivity contribution in [2.45, 2.75) is 13.5 Å². The van der Waals surface area contributed by atoms with Gasteiger partial charge in [-0.15, -0.1) is 0 Å². The molecule has 0 aliphatic heterocycles. The zero-order chi connectivity index (χ0) is 12.7. The van der Waals surface area contributed by atoms with E-state index in [4.69, 9.17) is 16.3 Å². The number of hydrogen-bond donors (Lipinski definition) is 1. The Hall–Kier alpha value is -1.26. The van der Waals surface area contributed by atoms with Crippen LogP contribution in [0.15, 0.2) is 18.2 Å². The average molecular weight is 258 g/mol. The van der Waals surface area contributed by atoms with Crippen molar-refractivity contribution in [3.8, 4) is 5.75 Å². The Balaban J connectivity index is 2.76. The molecule has 1 rings (SSSR count). The zero-order valence-corrected chi connectivity index (χ0v) is 10.7. The number of esters is 1. The summed E-state index contributed by atoms with van der Waals surface area (Å²) in [7, 11) is 1.32. The summed E-state index contributed by atoms with van der Waals surface area (Å²) >= 11 is 6.03. The highest BCUT2D eigenvalue weighted by molar-refractivity contribution is 6.32. The lowest BCUT2D eigenvalue weighted by Gasteiger charge is -2.12. The van der Waals surface area contributed by atoms with Crippen molar-refractivity contribution in [2.75, 3.05) is 20.3 Å². The van der Waals surface area contributed by atoms with Gasteiger partial charge in [0.15, 0.2) is 6.61 Å². The first-order valence-electron chi connectivity index (χ1n) is 5.36. The Labute approximate surface area is 106 Å². The molecule has 0 fully saturated rings. The van der Waals surface area contributed by atoms with Gasteiger partial charge in [0.05, 0.1) is 12.1 Å². The van der Waals surface area contributed by atoms with Crippen LogP contribution in [-0.4, -0.2) is 26.2 Å². The van der Waals surface area contributed by atoms with Crippen LogP contribution in [0.3, 0.4) is 0 Å². The fraction of sp³-hybridized carbons (Fsp3) is 0.417. The molecule has 0 atom stereocenters. The number of carbonyl (C=O) groups excluding carboxylic acids is 1. The van der Waals surface area contributed by atoms with Crippen LogP contribution in [0.5, 0.6) is 5.75 Å². The second-order valence-electron chi connectivity index (χ2n) is 3.37. The van der Waals surface area contributed by atoms with Crippen molar-refractivity contribution < 1.29 is 14.3 Å². The maximum absolute atomic E-state index is 11.0. The van der Waals surface area contributed by atoms with Crippen LogP contribution >= 0.6 is 11.6 Å². The lowest BCUT2D eigenvalue weighted by atomic mass is 10.2. The third kappa shape index (κ3) is 4.24. The normalized spacial score (nSPS) is 10.1. The van der Waals surface area contributed by atoms with Gasteiger partial charge in [-0.1, -0.05) is 30.7 Å². The first-order chi connectivity index (χ1) is 8.19. The molecular formula is C12H16ClNO3. The summed E-state index contributed by atoms with van der Waals surface area (Å²) in [5.41, 5.74) is 0.920. The van der Waals surface area contributed by atoms with Crippen LogP contribution in [0.4, 0.5) is 0 Å². The van der Waals surface area contributed by atoms with E-state index in [-0.39, 0.29) is 6.61 Å². The van der Waals surface area contributed by atoms with Gasteiger partial charge in [-0.25, -0.2) is 4.79 Å². The molecule has 1 aromatic carbocycles. The van der Waals surface area contributed by atoms with Crippen LogP contribution in [-0.2, 0) is 16.1 Å². The summed E-state index contributed by atoms with van der Waals surface area (Å²) in [6.45, 7) is 3.37. The SMILES string of the molecule is CCNCc1cccc(Cl)c1OCC(=O)OC. The molecule has 94 valence electrons. The highest BCUT2D eigenvalue weighted by Gasteiger charge is 2.10. The Morgan fingerprint density at radius 1 is 1.47 bits per heavy atom. The molecule has 0 radical (unpaired) electrons. The second kappa shape index (κ2) is 7.14. The summed E-state index contributed by atoms with van der Waals surface area (Å²) in [5, 5.41) is 3.67. The minimum absolute atomic E-state index is 0.140. The van der Waals surface area contributed by atoms with Crippen molar-refractivity contribution in [1.29, 1.82) is 0 Å². The Kier molecular flexibility index (Phi) is 5.80. The molecule has 1 aromatic rings. The van der Waals surface area contributed by atoms with E-state index >= 15 is 0 Å². The van der Waals surface area contributed by atoms with Gasteiger partial charge in [0, 0.05) is 12.1 Å². The van der Waals surface area contributed by atoms with Gasteiger partial charge >= 0.3 is 5.97 Å². The number of rotatable bonds is 6. The average Bonchev–Trinajstić information content (AvgIpc) is 2.34. The van der Waals surface area contributed by atoms with E-state index in [0.717, 1.165) is 12.1 Å². The first-order valence-corrected chi connectivity index (χ1v) is 5.74. The molecular weight excluding hydrogens is 242 g/mol. The Morgan fingerprint density at radius 3 is 2.88 bits per heavy atom. The predicted molar refractivity (Wildman–Crippen MR) is 66.3 cm³/mol. The minimum atomic E-state index is -0.431. The fourth-order valence-electron chi connectivity index (χ4n) is 1.30. The highest BCUT2D eigenvalue weighted by atomic mass is 35.5. The van der Waals surface area contributed by atoms with Gasteiger partial charge in [0.25, 0.3) is 0 Å². The van der Waals surface area contributed by atoms with Crippen molar-refractivity contribution in [3.05, 3.63) is 28.8 Å². The lowest BCUT2D eigenvalue weighted by Crippen LogP contribution is -2.16. The third-order valence-corrected chi connectivity index (χ3v) is 2.47. The molecule has 0 bridgehead atoms. The summed E-state index contributed by atoms with van der Waals surface area (Å²) in [6, 6.07) is 5.48. The number of para-hydroxylation sites is 1. The van der Waals surface area contributed by atoms with E-state index in [1.807, 2.05) is 19.1 Å². The van der Waals surface area contributed by atoms with Gasteiger partial charge in [-0.2, -0.15) is 0 Å². The molecule has 0 saturated carbocycles. The highest BCUT2D eigenvalue weighted by Crippen LogP contribution is 2.28. The van der Waals surface area contributed by atoms with E-state index in [1.54, 1.807) is 6.07 Å². The fourth-order valence-corrected chi connectivity index (χ4v) is 1.55. The largest absolute Gasteiger partial charge is 0.480 e. The number of halogens is 1. The van der Waals surface area contributed by atoms with Crippen LogP contribution in [0.1, 0.15) is 12.5 Å². The maximum Gasteiger partial charge on any atom is 0.343 e. The summed E-state index contributed by atoms with van der Waals surface area (Å²) in [6.07, 6.45) is 0. The molecule has 0 amide bonds. The van der Waals surface area contributed by atoms with E-state index in [9.17, 15) is 4.79 Å². The molecule has 4 nitrogen and oxygen atoms in total. The number of carbonyl (C=O) groups is 1. The first kappa shape index (κ1) is 13.8. The number of hydrogen-bond acceptors (Lipinski definition) is 4. The van der Waals surface area contributed by atoms with Crippen molar-refractivity contribution in [1.82, 2.24) is 5.32 Å². The number of benzene rings is 1. The zero-order valence-electron chi connectivity index (χ0n) is 9.96. The molecule has 0 aromatic heterocycles. The summed E-state index contributed by atoms with van der Waals surface area (Å²) in [4.78, 5) is 11.0. The van der Waals surface area contributed by atoms with Gasteiger partial charge in [0.1, 0.15) is 5.75 Å².